The highest BCUT2D eigenvalue weighted by Crippen LogP contribution is 2.08. The van der Waals surface area contributed by atoms with Crippen LogP contribution in [0.5, 0.6) is 0 Å². The molecule has 5 heteroatoms. The summed E-state index contributed by atoms with van der Waals surface area (Å²) in [6.45, 7) is 0. The zero-order valence-corrected chi connectivity index (χ0v) is 9.33. The van der Waals surface area contributed by atoms with Crippen LogP contribution in [-0.2, 0) is 0 Å². The van der Waals surface area contributed by atoms with Crippen LogP contribution in [0, 0.1) is 0 Å². The summed E-state index contributed by atoms with van der Waals surface area (Å²) in [7, 11) is 0. The first kappa shape index (κ1) is 11.8. The predicted molar refractivity (Wildman–Crippen MR) is 65.6 cm³/mol. The maximum atomic E-state index is 11.8. The molecule has 90 valence electrons. The third-order valence-electron chi connectivity index (χ3n) is 2.28. The number of benzene rings is 1. The minimum absolute atomic E-state index is 0.0623. The third kappa shape index (κ3) is 2.70. The van der Waals surface area contributed by atoms with E-state index in [0.717, 1.165) is 0 Å². The molecule has 2 rings (SSSR count). The molecule has 0 aliphatic rings. The van der Waals surface area contributed by atoms with Crippen molar-refractivity contribution < 1.29 is 14.7 Å². The van der Waals surface area contributed by atoms with Gasteiger partial charge in [-0.25, -0.2) is 9.78 Å². The van der Waals surface area contributed by atoms with Crippen molar-refractivity contribution in [1.29, 1.82) is 0 Å². The molecular weight excluding hydrogens is 232 g/mol. The maximum Gasteiger partial charge on any atom is 0.354 e. The Bertz CT molecular complexity index is 565. The maximum absolute atomic E-state index is 11.8. The Morgan fingerprint density at radius 1 is 1.06 bits per heavy atom. The summed E-state index contributed by atoms with van der Waals surface area (Å²) in [5.74, 6) is -1.36. The molecule has 1 amide bonds. The van der Waals surface area contributed by atoms with Crippen LogP contribution >= 0.6 is 0 Å². The second-order valence-corrected chi connectivity index (χ2v) is 3.56. The van der Waals surface area contributed by atoms with Crippen molar-refractivity contribution in [3.63, 3.8) is 0 Å². The van der Waals surface area contributed by atoms with E-state index in [-0.39, 0.29) is 11.6 Å². The molecule has 1 aromatic heterocycles. The molecule has 0 bridgehead atoms. The van der Waals surface area contributed by atoms with Gasteiger partial charge in [0.1, 0.15) is 5.69 Å². The molecule has 0 aliphatic carbocycles. The fourth-order valence-corrected chi connectivity index (χ4v) is 1.39. The van der Waals surface area contributed by atoms with E-state index in [2.05, 4.69) is 10.3 Å². The number of carboxylic acid groups (broad SMARTS) is 1. The summed E-state index contributed by atoms with van der Waals surface area (Å²) in [4.78, 5) is 26.1. The third-order valence-corrected chi connectivity index (χ3v) is 2.28. The summed E-state index contributed by atoms with van der Waals surface area (Å²) in [5.41, 5.74) is 0.918. The lowest BCUT2D eigenvalue weighted by molar-refractivity contribution is 0.0690. The lowest BCUT2D eigenvalue weighted by Gasteiger charge is -2.04. The van der Waals surface area contributed by atoms with Crippen molar-refractivity contribution in [2.24, 2.45) is 0 Å². The first-order valence-corrected chi connectivity index (χ1v) is 5.22. The van der Waals surface area contributed by atoms with Gasteiger partial charge in [-0.2, -0.15) is 0 Å². The van der Waals surface area contributed by atoms with Crippen LogP contribution in [0.2, 0.25) is 0 Å². The minimum atomic E-state index is -1.10. The lowest BCUT2D eigenvalue weighted by atomic mass is 10.2. The second kappa shape index (κ2) is 5.09. The first-order chi connectivity index (χ1) is 8.66. The number of nitrogens with one attached hydrogen (secondary N) is 1. The Balaban J connectivity index is 2.10. The monoisotopic (exact) mass is 242 g/mol. The van der Waals surface area contributed by atoms with Gasteiger partial charge < -0.3 is 10.4 Å². The molecule has 0 radical (unpaired) electrons. The number of carboxylic acids is 1. The summed E-state index contributed by atoms with van der Waals surface area (Å²) >= 11 is 0. The molecule has 0 atom stereocenters. The standard InChI is InChI=1S/C13H10N2O3/c16-12(9-4-2-1-3-5-9)15-10-6-7-11(13(17)18)14-8-10/h1-8H,(H,15,16)(H,17,18). The number of hydrogen-bond donors (Lipinski definition) is 2. The summed E-state index contributed by atoms with van der Waals surface area (Å²) in [6.07, 6.45) is 1.31. The molecule has 0 fully saturated rings. The average molecular weight is 242 g/mol. The minimum Gasteiger partial charge on any atom is -0.477 e. The zero-order valence-electron chi connectivity index (χ0n) is 9.33. The van der Waals surface area contributed by atoms with Crippen molar-refractivity contribution in [3.05, 3.63) is 59.9 Å². The zero-order chi connectivity index (χ0) is 13.0. The first-order valence-electron chi connectivity index (χ1n) is 5.22. The van der Waals surface area contributed by atoms with Gasteiger partial charge in [0.15, 0.2) is 0 Å². The molecular formula is C13H10N2O3. The number of aromatic nitrogens is 1. The smallest absolute Gasteiger partial charge is 0.354 e. The molecule has 5 nitrogen and oxygen atoms in total. The Hall–Kier alpha value is -2.69. The number of carbonyl (C=O) groups excluding carboxylic acids is 1. The van der Waals surface area contributed by atoms with Gasteiger partial charge in [-0.3, -0.25) is 4.79 Å². The molecule has 1 aromatic carbocycles. The van der Waals surface area contributed by atoms with E-state index < -0.39 is 5.97 Å². The van der Waals surface area contributed by atoms with Gasteiger partial charge in [0.2, 0.25) is 0 Å². The van der Waals surface area contributed by atoms with Crippen molar-refractivity contribution in [2.75, 3.05) is 5.32 Å². The fourth-order valence-electron chi connectivity index (χ4n) is 1.39. The van der Waals surface area contributed by atoms with E-state index in [4.69, 9.17) is 5.11 Å². The number of amides is 1. The van der Waals surface area contributed by atoms with E-state index in [9.17, 15) is 9.59 Å². The number of nitrogens with zero attached hydrogens (tertiary/aromatic N) is 1. The van der Waals surface area contributed by atoms with Gasteiger partial charge in [-0.1, -0.05) is 18.2 Å². The quantitative estimate of drug-likeness (QED) is 0.863. The molecule has 0 spiro atoms. The highest BCUT2D eigenvalue weighted by molar-refractivity contribution is 6.04. The van der Waals surface area contributed by atoms with E-state index in [0.29, 0.717) is 11.3 Å². The average Bonchev–Trinajstić information content (AvgIpc) is 2.40. The van der Waals surface area contributed by atoms with Gasteiger partial charge in [-0.05, 0) is 24.3 Å². The van der Waals surface area contributed by atoms with Gasteiger partial charge in [0, 0.05) is 5.56 Å². The van der Waals surface area contributed by atoms with Crippen molar-refractivity contribution >= 4 is 17.6 Å². The number of anilines is 1. The molecule has 0 saturated heterocycles. The lowest BCUT2D eigenvalue weighted by Crippen LogP contribution is -2.12. The molecule has 2 aromatic rings. The number of pyridine rings is 1. The van der Waals surface area contributed by atoms with Crippen LogP contribution in [0.3, 0.4) is 0 Å². The highest BCUT2D eigenvalue weighted by Gasteiger charge is 2.07. The van der Waals surface area contributed by atoms with Gasteiger partial charge in [-0.15, -0.1) is 0 Å². The van der Waals surface area contributed by atoms with Gasteiger partial charge in [0.05, 0.1) is 11.9 Å². The molecule has 0 unspecified atom stereocenters. The van der Waals surface area contributed by atoms with Gasteiger partial charge >= 0.3 is 5.97 Å². The SMILES string of the molecule is O=C(Nc1ccc(C(=O)O)nc1)c1ccccc1. The van der Waals surface area contributed by atoms with Crippen LogP contribution in [-0.4, -0.2) is 22.0 Å². The van der Waals surface area contributed by atoms with Crippen LogP contribution in [0.25, 0.3) is 0 Å². The van der Waals surface area contributed by atoms with E-state index >= 15 is 0 Å². The van der Waals surface area contributed by atoms with Crippen LogP contribution in [0.4, 0.5) is 5.69 Å². The topological polar surface area (TPSA) is 79.3 Å². The normalized spacial score (nSPS) is 9.78. The molecule has 0 saturated carbocycles. The Morgan fingerprint density at radius 3 is 2.33 bits per heavy atom. The van der Waals surface area contributed by atoms with Crippen molar-refractivity contribution in [1.82, 2.24) is 4.98 Å². The summed E-state index contributed by atoms with van der Waals surface area (Å²) < 4.78 is 0. The van der Waals surface area contributed by atoms with E-state index in [1.807, 2.05) is 6.07 Å². The highest BCUT2D eigenvalue weighted by atomic mass is 16.4. The Morgan fingerprint density at radius 2 is 1.78 bits per heavy atom. The summed E-state index contributed by atoms with van der Waals surface area (Å²) in [6, 6.07) is 11.6. The van der Waals surface area contributed by atoms with Crippen LogP contribution in [0.1, 0.15) is 20.8 Å². The number of hydrogen-bond acceptors (Lipinski definition) is 3. The van der Waals surface area contributed by atoms with E-state index in [1.54, 1.807) is 24.3 Å². The molecule has 0 aliphatic heterocycles. The van der Waals surface area contributed by atoms with E-state index in [1.165, 1.54) is 18.3 Å². The molecule has 1 heterocycles. The number of aromatic carboxylic acids is 1. The number of carbonyl (C=O) groups is 2. The molecule has 2 N–H and O–H groups in total. The van der Waals surface area contributed by atoms with Crippen LogP contribution in [0.15, 0.2) is 48.7 Å². The molecule has 18 heavy (non-hydrogen) atoms. The Labute approximate surface area is 103 Å². The van der Waals surface area contributed by atoms with Crippen LogP contribution < -0.4 is 5.32 Å². The summed E-state index contributed by atoms with van der Waals surface area (Å²) in [5, 5.41) is 11.3. The largest absolute Gasteiger partial charge is 0.477 e. The van der Waals surface area contributed by atoms with Gasteiger partial charge in [0.25, 0.3) is 5.91 Å². The van der Waals surface area contributed by atoms with Crippen molar-refractivity contribution in [3.8, 4) is 0 Å². The number of rotatable bonds is 3. The predicted octanol–water partition coefficient (Wildman–Crippen LogP) is 2.03. The fraction of sp³-hybridized carbons (Fsp3) is 0. The second-order valence-electron chi connectivity index (χ2n) is 3.56. The Kier molecular flexibility index (Phi) is 3.33. The van der Waals surface area contributed by atoms with Crippen molar-refractivity contribution in [2.45, 2.75) is 0 Å².